The molecule has 1 rings (SSSR count). The summed E-state index contributed by atoms with van der Waals surface area (Å²) >= 11 is 6.18. The summed E-state index contributed by atoms with van der Waals surface area (Å²) < 4.78 is 0. The van der Waals surface area contributed by atoms with Crippen molar-refractivity contribution in [1.29, 1.82) is 0 Å². The van der Waals surface area contributed by atoms with E-state index in [0.29, 0.717) is 17.1 Å². The first-order valence-electron chi connectivity index (χ1n) is 7.00. The minimum Gasteiger partial charge on any atom is -0.481 e. The molecule has 5 heteroatoms. The summed E-state index contributed by atoms with van der Waals surface area (Å²) in [5.41, 5.74) is 2.45. The van der Waals surface area contributed by atoms with Gasteiger partial charge in [-0.2, -0.15) is 0 Å². The van der Waals surface area contributed by atoms with E-state index >= 15 is 0 Å². The van der Waals surface area contributed by atoms with Gasteiger partial charge in [0.05, 0.1) is 17.0 Å². The Balaban J connectivity index is 3.03. The molecule has 116 valence electrons. The van der Waals surface area contributed by atoms with Crippen LogP contribution < -0.4 is 0 Å². The van der Waals surface area contributed by atoms with E-state index in [9.17, 15) is 9.59 Å². The van der Waals surface area contributed by atoms with Gasteiger partial charge in [-0.05, 0) is 43.0 Å². The Bertz CT molecular complexity index is 541. The molecule has 0 heterocycles. The fraction of sp³-hybridized carbons (Fsp3) is 0.500. The first-order chi connectivity index (χ1) is 9.72. The fourth-order valence-corrected chi connectivity index (χ4v) is 2.36. The number of hydrogen-bond donors (Lipinski definition) is 1. The predicted octanol–water partition coefficient (Wildman–Crippen LogP) is 3.53. The molecule has 1 amide bonds. The van der Waals surface area contributed by atoms with Crippen molar-refractivity contribution in [2.75, 3.05) is 13.1 Å². The van der Waals surface area contributed by atoms with Gasteiger partial charge in [-0.3, -0.25) is 9.59 Å². The maximum atomic E-state index is 12.6. The maximum absolute atomic E-state index is 12.6. The first-order valence-corrected chi connectivity index (χ1v) is 7.38. The molecular weight excluding hydrogens is 290 g/mol. The standard InChI is InChI=1S/C16H22ClNO3/c1-10(2)9-18(6-5-15(19)20)16(21)13-7-11(3)12(4)8-14(13)17/h7-8,10H,5-6,9H2,1-4H3,(H,19,20). The van der Waals surface area contributed by atoms with Crippen LogP contribution in [0.2, 0.25) is 5.02 Å². The highest BCUT2D eigenvalue weighted by atomic mass is 35.5. The Morgan fingerprint density at radius 2 is 1.81 bits per heavy atom. The summed E-state index contributed by atoms with van der Waals surface area (Å²) in [5.74, 6) is -0.867. The van der Waals surface area contributed by atoms with Gasteiger partial charge in [-0.25, -0.2) is 0 Å². The van der Waals surface area contributed by atoms with Crippen molar-refractivity contribution in [1.82, 2.24) is 4.90 Å². The van der Waals surface area contributed by atoms with E-state index in [4.69, 9.17) is 16.7 Å². The number of benzene rings is 1. The number of carboxylic acids is 1. The van der Waals surface area contributed by atoms with Crippen molar-refractivity contribution in [2.24, 2.45) is 5.92 Å². The number of aryl methyl sites for hydroxylation is 2. The molecule has 0 aliphatic heterocycles. The van der Waals surface area contributed by atoms with E-state index in [-0.39, 0.29) is 24.8 Å². The normalized spacial score (nSPS) is 10.8. The highest BCUT2D eigenvalue weighted by molar-refractivity contribution is 6.34. The van der Waals surface area contributed by atoms with Crippen LogP contribution in [0.25, 0.3) is 0 Å². The number of nitrogens with zero attached hydrogens (tertiary/aromatic N) is 1. The van der Waals surface area contributed by atoms with Gasteiger partial charge in [-0.15, -0.1) is 0 Å². The van der Waals surface area contributed by atoms with Crippen molar-refractivity contribution in [3.8, 4) is 0 Å². The Morgan fingerprint density at radius 1 is 1.24 bits per heavy atom. The minimum absolute atomic E-state index is 0.0685. The Morgan fingerprint density at radius 3 is 2.33 bits per heavy atom. The van der Waals surface area contributed by atoms with Crippen LogP contribution in [0.15, 0.2) is 12.1 Å². The number of carbonyl (C=O) groups excluding carboxylic acids is 1. The molecule has 0 bridgehead atoms. The summed E-state index contributed by atoms with van der Waals surface area (Å²) in [4.78, 5) is 24.9. The molecule has 0 spiro atoms. The van der Waals surface area contributed by atoms with E-state index in [1.54, 1.807) is 17.0 Å². The summed E-state index contributed by atoms with van der Waals surface area (Å²) in [6.45, 7) is 8.54. The second-order valence-electron chi connectivity index (χ2n) is 5.71. The van der Waals surface area contributed by atoms with E-state index in [2.05, 4.69) is 0 Å². The van der Waals surface area contributed by atoms with E-state index in [1.807, 2.05) is 27.7 Å². The summed E-state index contributed by atoms with van der Waals surface area (Å²) in [5, 5.41) is 9.23. The first kappa shape index (κ1) is 17.5. The number of aliphatic carboxylic acids is 1. The molecule has 0 saturated heterocycles. The molecule has 0 fully saturated rings. The third-order valence-electron chi connectivity index (χ3n) is 3.28. The molecule has 0 unspecified atom stereocenters. The quantitative estimate of drug-likeness (QED) is 0.874. The monoisotopic (exact) mass is 311 g/mol. The molecule has 1 aromatic carbocycles. The zero-order valence-corrected chi connectivity index (χ0v) is 13.7. The molecule has 0 aliphatic carbocycles. The Labute approximate surface area is 130 Å². The summed E-state index contributed by atoms with van der Waals surface area (Å²) in [6.07, 6.45) is -0.0685. The van der Waals surface area contributed by atoms with Gasteiger partial charge in [0, 0.05) is 13.1 Å². The molecule has 21 heavy (non-hydrogen) atoms. The molecule has 0 aromatic heterocycles. The second kappa shape index (κ2) is 7.46. The van der Waals surface area contributed by atoms with Crippen LogP contribution in [0, 0.1) is 19.8 Å². The number of carboxylic acid groups (broad SMARTS) is 1. The molecule has 0 saturated carbocycles. The zero-order valence-electron chi connectivity index (χ0n) is 12.9. The second-order valence-corrected chi connectivity index (χ2v) is 6.11. The van der Waals surface area contributed by atoms with Crippen LogP contribution in [-0.4, -0.2) is 35.0 Å². The number of hydrogen-bond acceptors (Lipinski definition) is 2. The maximum Gasteiger partial charge on any atom is 0.305 e. The van der Waals surface area contributed by atoms with Gasteiger partial charge in [0.15, 0.2) is 0 Å². The predicted molar refractivity (Wildman–Crippen MR) is 83.9 cm³/mol. The van der Waals surface area contributed by atoms with Crippen LogP contribution in [0.3, 0.4) is 0 Å². The van der Waals surface area contributed by atoms with Crippen LogP contribution >= 0.6 is 11.6 Å². The lowest BCUT2D eigenvalue weighted by Gasteiger charge is -2.25. The Hall–Kier alpha value is -1.55. The average Bonchev–Trinajstić information content (AvgIpc) is 2.37. The van der Waals surface area contributed by atoms with E-state index in [1.165, 1.54) is 0 Å². The highest BCUT2D eigenvalue weighted by Gasteiger charge is 2.20. The van der Waals surface area contributed by atoms with Crippen molar-refractivity contribution < 1.29 is 14.7 Å². The summed E-state index contributed by atoms with van der Waals surface area (Å²) in [7, 11) is 0. The van der Waals surface area contributed by atoms with Gasteiger partial charge in [0.2, 0.25) is 0 Å². The molecule has 1 aromatic rings. The number of rotatable bonds is 6. The van der Waals surface area contributed by atoms with Gasteiger partial charge >= 0.3 is 5.97 Å². The third kappa shape index (κ3) is 5.05. The van der Waals surface area contributed by atoms with Crippen molar-refractivity contribution in [3.63, 3.8) is 0 Å². The number of halogens is 1. The minimum atomic E-state index is -0.914. The van der Waals surface area contributed by atoms with Crippen molar-refractivity contribution >= 4 is 23.5 Å². The lowest BCUT2D eigenvalue weighted by Crippen LogP contribution is -2.36. The van der Waals surface area contributed by atoms with Gasteiger partial charge in [0.25, 0.3) is 5.91 Å². The van der Waals surface area contributed by atoms with Gasteiger partial charge in [0.1, 0.15) is 0 Å². The number of carbonyl (C=O) groups is 2. The molecular formula is C16H22ClNO3. The van der Waals surface area contributed by atoms with E-state index in [0.717, 1.165) is 11.1 Å². The lowest BCUT2D eigenvalue weighted by atomic mass is 10.0. The highest BCUT2D eigenvalue weighted by Crippen LogP contribution is 2.23. The molecule has 4 nitrogen and oxygen atoms in total. The molecule has 0 radical (unpaired) electrons. The fourth-order valence-electron chi connectivity index (χ4n) is 2.06. The van der Waals surface area contributed by atoms with Crippen LogP contribution in [0.4, 0.5) is 0 Å². The zero-order chi connectivity index (χ0) is 16.2. The smallest absolute Gasteiger partial charge is 0.305 e. The van der Waals surface area contributed by atoms with Crippen LogP contribution in [-0.2, 0) is 4.79 Å². The average molecular weight is 312 g/mol. The molecule has 0 atom stereocenters. The molecule has 1 N–H and O–H groups in total. The number of amides is 1. The SMILES string of the molecule is Cc1cc(Cl)c(C(=O)N(CCC(=O)O)CC(C)C)cc1C. The Kier molecular flexibility index (Phi) is 6.21. The van der Waals surface area contributed by atoms with Gasteiger partial charge in [-0.1, -0.05) is 25.4 Å². The van der Waals surface area contributed by atoms with Crippen molar-refractivity contribution in [2.45, 2.75) is 34.1 Å². The van der Waals surface area contributed by atoms with Gasteiger partial charge < -0.3 is 10.0 Å². The third-order valence-corrected chi connectivity index (χ3v) is 3.59. The van der Waals surface area contributed by atoms with Crippen molar-refractivity contribution in [3.05, 3.63) is 33.8 Å². The molecule has 0 aliphatic rings. The summed E-state index contributed by atoms with van der Waals surface area (Å²) in [6, 6.07) is 3.54. The van der Waals surface area contributed by atoms with E-state index < -0.39 is 5.97 Å². The van der Waals surface area contributed by atoms with Crippen LogP contribution in [0.5, 0.6) is 0 Å². The largest absolute Gasteiger partial charge is 0.481 e. The van der Waals surface area contributed by atoms with Crippen LogP contribution in [0.1, 0.15) is 41.8 Å². The topological polar surface area (TPSA) is 57.6 Å². The lowest BCUT2D eigenvalue weighted by molar-refractivity contribution is -0.137.